The summed E-state index contributed by atoms with van der Waals surface area (Å²) in [5.41, 5.74) is 1.27. The second kappa shape index (κ2) is 8.12. The van der Waals surface area contributed by atoms with Crippen LogP contribution in [0.4, 0.5) is 5.69 Å². The molecule has 2 rings (SSSR count). The Bertz CT molecular complexity index is 373. The summed E-state index contributed by atoms with van der Waals surface area (Å²) in [7, 11) is 0. The lowest BCUT2D eigenvalue weighted by atomic mass is 10.2. The van der Waals surface area contributed by atoms with E-state index in [1.807, 2.05) is 12.1 Å². The van der Waals surface area contributed by atoms with Gasteiger partial charge in [-0.15, -0.1) is 0 Å². The van der Waals surface area contributed by atoms with Gasteiger partial charge in [-0.1, -0.05) is 13.8 Å². The van der Waals surface area contributed by atoms with Crippen molar-refractivity contribution in [3.63, 3.8) is 0 Å². The van der Waals surface area contributed by atoms with Crippen LogP contribution in [0.1, 0.15) is 13.8 Å². The molecule has 0 amide bonds. The molecule has 0 aliphatic carbocycles. The van der Waals surface area contributed by atoms with E-state index in [4.69, 9.17) is 9.47 Å². The number of ether oxygens (including phenoxy) is 2. The topological polar surface area (TPSA) is 33.7 Å². The number of nitrogens with one attached hydrogen (secondary N) is 1. The average molecular weight is 278 g/mol. The molecule has 0 bridgehead atoms. The molecule has 0 aromatic heterocycles. The van der Waals surface area contributed by atoms with Gasteiger partial charge in [0.05, 0.1) is 6.61 Å². The highest BCUT2D eigenvalue weighted by molar-refractivity contribution is 5.49. The molecule has 20 heavy (non-hydrogen) atoms. The van der Waals surface area contributed by atoms with Crippen LogP contribution in [0.2, 0.25) is 0 Å². The number of rotatable bonds is 7. The molecule has 1 aliphatic heterocycles. The molecule has 1 aliphatic rings. The number of piperazine rings is 1. The molecule has 1 N–H and O–H groups in total. The summed E-state index contributed by atoms with van der Waals surface area (Å²) < 4.78 is 11.2. The van der Waals surface area contributed by atoms with Gasteiger partial charge in [0.25, 0.3) is 0 Å². The standard InChI is InChI=1S/C16H26N2O2/c1-14(2)13-19-11-12-20-16-5-3-15(4-6-16)18-9-7-17-8-10-18/h3-6,14,17H,7-13H2,1-2H3. The molecule has 4 nitrogen and oxygen atoms in total. The predicted octanol–water partition coefficient (Wildman–Crippen LogP) is 2.15. The van der Waals surface area contributed by atoms with Crippen molar-refractivity contribution >= 4 is 5.69 Å². The van der Waals surface area contributed by atoms with Gasteiger partial charge in [0, 0.05) is 38.5 Å². The molecule has 1 fully saturated rings. The Balaban J connectivity index is 1.71. The van der Waals surface area contributed by atoms with Gasteiger partial charge < -0.3 is 19.7 Å². The maximum atomic E-state index is 5.67. The van der Waals surface area contributed by atoms with Crippen LogP contribution in [-0.4, -0.2) is 46.0 Å². The third-order valence-corrected chi connectivity index (χ3v) is 3.27. The van der Waals surface area contributed by atoms with Crippen LogP contribution in [0, 0.1) is 5.92 Å². The summed E-state index contributed by atoms with van der Waals surface area (Å²) in [6.45, 7) is 10.6. The number of benzene rings is 1. The van der Waals surface area contributed by atoms with Gasteiger partial charge in [-0.2, -0.15) is 0 Å². The van der Waals surface area contributed by atoms with E-state index in [1.165, 1.54) is 5.69 Å². The fourth-order valence-electron chi connectivity index (χ4n) is 2.21. The maximum absolute atomic E-state index is 5.67. The summed E-state index contributed by atoms with van der Waals surface area (Å²) in [5.74, 6) is 1.49. The first-order valence-corrected chi connectivity index (χ1v) is 7.52. The lowest BCUT2D eigenvalue weighted by molar-refractivity contribution is 0.0819. The monoisotopic (exact) mass is 278 g/mol. The second-order valence-corrected chi connectivity index (χ2v) is 5.55. The Morgan fingerprint density at radius 2 is 1.80 bits per heavy atom. The van der Waals surface area contributed by atoms with Crippen molar-refractivity contribution in [1.82, 2.24) is 5.32 Å². The molecule has 0 atom stereocenters. The zero-order valence-corrected chi connectivity index (χ0v) is 12.6. The van der Waals surface area contributed by atoms with Gasteiger partial charge >= 0.3 is 0 Å². The average Bonchev–Trinajstić information content (AvgIpc) is 2.48. The first-order valence-electron chi connectivity index (χ1n) is 7.52. The fraction of sp³-hybridized carbons (Fsp3) is 0.625. The lowest BCUT2D eigenvalue weighted by Crippen LogP contribution is -2.43. The minimum absolute atomic E-state index is 0.577. The molecule has 1 aromatic carbocycles. The molecule has 0 unspecified atom stereocenters. The van der Waals surface area contributed by atoms with Crippen molar-refractivity contribution < 1.29 is 9.47 Å². The molecule has 1 heterocycles. The summed E-state index contributed by atoms with van der Waals surface area (Å²) in [5, 5.41) is 3.36. The number of nitrogens with zero attached hydrogens (tertiary/aromatic N) is 1. The van der Waals surface area contributed by atoms with Crippen molar-refractivity contribution in [1.29, 1.82) is 0 Å². The lowest BCUT2D eigenvalue weighted by Gasteiger charge is -2.29. The Kier molecular flexibility index (Phi) is 6.15. The first-order chi connectivity index (χ1) is 9.75. The van der Waals surface area contributed by atoms with Crippen LogP contribution >= 0.6 is 0 Å². The third kappa shape index (κ3) is 5.02. The van der Waals surface area contributed by atoms with Crippen molar-refractivity contribution in [3.8, 4) is 5.75 Å². The normalized spacial score (nSPS) is 15.7. The molecule has 0 radical (unpaired) electrons. The van der Waals surface area contributed by atoms with Crippen molar-refractivity contribution in [2.45, 2.75) is 13.8 Å². The molecule has 0 spiro atoms. The maximum Gasteiger partial charge on any atom is 0.119 e. The van der Waals surface area contributed by atoms with E-state index < -0.39 is 0 Å². The largest absolute Gasteiger partial charge is 0.491 e. The number of hydrogen-bond acceptors (Lipinski definition) is 4. The highest BCUT2D eigenvalue weighted by Gasteiger charge is 2.09. The van der Waals surface area contributed by atoms with Gasteiger partial charge in [-0.25, -0.2) is 0 Å². The van der Waals surface area contributed by atoms with Gasteiger partial charge in [0.2, 0.25) is 0 Å². The Morgan fingerprint density at radius 1 is 1.10 bits per heavy atom. The smallest absolute Gasteiger partial charge is 0.119 e. The van der Waals surface area contributed by atoms with Crippen molar-refractivity contribution in [3.05, 3.63) is 24.3 Å². The first kappa shape index (κ1) is 15.1. The molecular weight excluding hydrogens is 252 g/mol. The number of hydrogen-bond donors (Lipinski definition) is 1. The van der Waals surface area contributed by atoms with Gasteiger partial charge in [0.15, 0.2) is 0 Å². The predicted molar refractivity (Wildman–Crippen MR) is 82.7 cm³/mol. The van der Waals surface area contributed by atoms with Crippen LogP contribution in [0.25, 0.3) is 0 Å². The third-order valence-electron chi connectivity index (χ3n) is 3.27. The summed E-state index contributed by atoms with van der Waals surface area (Å²) in [6.07, 6.45) is 0. The van der Waals surface area contributed by atoms with Crippen LogP contribution in [0.15, 0.2) is 24.3 Å². The van der Waals surface area contributed by atoms with Gasteiger partial charge in [0.1, 0.15) is 12.4 Å². The van der Waals surface area contributed by atoms with E-state index in [-0.39, 0.29) is 0 Å². The highest BCUT2D eigenvalue weighted by atomic mass is 16.5. The van der Waals surface area contributed by atoms with Crippen molar-refractivity contribution in [2.75, 3.05) is 50.9 Å². The molecule has 0 saturated carbocycles. The molecular formula is C16H26N2O2. The van der Waals surface area contributed by atoms with E-state index in [1.54, 1.807) is 0 Å². The fourth-order valence-corrected chi connectivity index (χ4v) is 2.21. The summed E-state index contributed by atoms with van der Waals surface area (Å²) in [6, 6.07) is 8.35. The zero-order chi connectivity index (χ0) is 14.2. The van der Waals surface area contributed by atoms with Crippen LogP contribution in [-0.2, 0) is 4.74 Å². The molecule has 1 aromatic rings. The molecule has 4 heteroatoms. The Morgan fingerprint density at radius 3 is 2.45 bits per heavy atom. The summed E-state index contributed by atoms with van der Waals surface area (Å²) in [4.78, 5) is 2.39. The van der Waals surface area contributed by atoms with Gasteiger partial charge in [-0.3, -0.25) is 0 Å². The van der Waals surface area contributed by atoms with E-state index in [2.05, 4.69) is 36.2 Å². The van der Waals surface area contributed by atoms with E-state index in [0.29, 0.717) is 19.1 Å². The van der Waals surface area contributed by atoms with E-state index in [0.717, 1.165) is 38.5 Å². The van der Waals surface area contributed by atoms with Crippen molar-refractivity contribution in [2.24, 2.45) is 5.92 Å². The quantitative estimate of drug-likeness (QED) is 0.775. The Labute approximate surface area is 122 Å². The van der Waals surface area contributed by atoms with E-state index in [9.17, 15) is 0 Å². The van der Waals surface area contributed by atoms with Crippen LogP contribution in [0.5, 0.6) is 5.75 Å². The zero-order valence-electron chi connectivity index (χ0n) is 12.6. The second-order valence-electron chi connectivity index (χ2n) is 5.55. The molecule has 1 saturated heterocycles. The van der Waals surface area contributed by atoms with Crippen LogP contribution in [0.3, 0.4) is 0 Å². The molecule has 112 valence electrons. The Hall–Kier alpha value is -1.26. The number of anilines is 1. The van der Waals surface area contributed by atoms with Gasteiger partial charge in [-0.05, 0) is 30.2 Å². The van der Waals surface area contributed by atoms with E-state index >= 15 is 0 Å². The highest BCUT2D eigenvalue weighted by Crippen LogP contribution is 2.19. The summed E-state index contributed by atoms with van der Waals surface area (Å²) >= 11 is 0. The SMILES string of the molecule is CC(C)COCCOc1ccc(N2CCNCC2)cc1. The minimum atomic E-state index is 0.577. The minimum Gasteiger partial charge on any atom is -0.491 e. The van der Waals surface area contributed by atoms with Crippen LogP contribution < -0.4 is 15.0 Å².